The summed E-state index contributed by atoms with van der Waals surface area (Å²) in [5, 5.41) is 8.11. The van der Waals surface area contributed by atoms with E-state index in [0.29, 0.717) is 18.7 Å². The van der Waals surface area contributed by atoms with Crippen LogP contribution in [0.25, 0.3) is 22.0 Å². The average Bonchev–Trinajstić information content (AvgIpc) is 3.35. The molecule has 0 radical (unpaired) electrons. The van der Waals surface area contributed by atoms with E-state index in [9.17, 15) is 26.4 Å². The minimum atomic E-state index is -5.08. The number of carboxylic acid groups (broad SMARTS) is 1. The molecule has 1 aromatic heterocycles. The van der Waals surface area contributed by atoms with E-state index >= 15 is 0 Å². The van der Waals surface area contributed by atoms with Crippen LogP contribution in [-0.4, -0.2) is 97.7 Å². The van der Waals surface area contributed by atoms with Crippen molar-refractivity contribution in [2.24, 2.45) is 5.73 Å². The topological polar surface area (TPSA) is 140 Å². The molecule has 0 atom stereocenters. The molecule has 2 aromatic carbocycles. The minimum Gasteiger partial charge on any atom is -0.475 e. The first kappa shape index (κ1) is 35.0. The van der Waals surface area contributed by atoms with Gasteiger partial charge in [-0.3, -0.25) is 4.79 Å². The lowest BCUT2D eigenvalue weighted by molar-refractivity contribution is -0.192. The first-order chi connectivity index (χ1) is 20.4. The highest BCUT2D eigenvalue weighted by Gasteiger charge is 2.38. The molecular formula is C30H40F3N5O5S. The van der Waals surface area contributed by atoms with Crippen LogP contribution in [0, 0.1) is 0 Å². The summed E-state index contributed by atoms with van der Waals surface area (Å²) < 4.78 is 58.0. The number of aromatic nitrogens is 1. The second-order valence-corrected chi connectivity index (χ2v) is 13.7. The number of alkyl halides is 3. The van der Waals surface area contributed by atoms with Gasteiger partial charge >= 0.3 is 12.1 Å². The number of sulfonamides is 1. The monoisotopic (exact) mass is 639 g/mol. The van der Waals surface area contributed by atoms with Crippen LogP contribution in [-0.2, 0) is 27.9 Å². The lowest BCUT2D eigenvalue weighted by Crippen LogP contribution is -2.38. The van der Waals surface area contributed by atoms with E-state index < -0.39 is 28.1 Å². The summed E-state index contributed by atoms with van der Waals surface area (Å²) in [5.74, 6) is -2.90. The Morgan fingerprint density at radius 2 is 1.48 bits per heavy atom. The maximum absolute atomic E-state index is 12.5. The fourth-order valence-electron chi connectivity index (χ4n) is 5.42. The van der Waals surface area contributed by atoms with Crippen LogP contribution in [0.4, 0.5) is 13.2 Å². The molecule has 1 saturated heterocycles. The molecule has 0 unspecified atom stereocenters. The predicted octanol–water partition coefficient (Wildman–Crippen LogP) is 4.22. The molecule has 44 heavy (non-hydrogen) atoms. The number of nitrogens with two attached hydrogens (primary N) is 1. The summed E-state index contributed by atoms with van der Waals surface area (Å²) in [6.07, 6.45) is -1.63. The van der Waals surface area contributed by atoms with Crippen LogP contribution < -0.4 is 5.73 Å². The normalized spacial score (nSPS) is 15.0. The third-order valence-corrected chi connectivity index (χ3v) is 9.25. The summed E-state index contributed by atoms with van der Waals surface area (Å²) in [7, 11) is 5.03. The zero-order valence-corrected chi connectivity index (χ0v) is 26.3. The van der Waals surface area contributed by atoms with Gasteiger partial charge in [-0.2, -0.15) is 13.2 Å². The number of carboxylic acids is 1. The first-order valence-electron chi connectivity index (χ1n) is 14.1. The number of H-pyrrole nitrogens is 1. The summed E-state index contributed by atoms with van der Waals surface area (Å²) in [6, 6.07) is 10.6. The van der Waals surface area contributed by atoms with E-state index in [-0.39, 0.29) is 11.7 Å². The van der Waals surface area contributed by atoms with Gasteiger partial charge in [0.1, 0.15) is 0 Å². The Morgan fingerprint density at radius 3 is 1.91 bits per heavy atom. The van der Waals surface area contributed by atoms with Crippen molar-refractivity contribution in [3.63, 3.8) is 0 Å². The Morgan fingerprint density at radius 1 is 0.977 bits per heavy atom. The molecule has 0 bridgehead atoms. The van der Waals surface area contributed by atoms with Crippen molar-refractivity contribution in [1.29, 1.82) is 0 Å². The zero-order valence-electron chi connectivity index (χ0n) is 25.5. The Bertz CT molecular complexity index is 1570. The van der Waals surface area contributed by atoms with Gasteiger partial charge in [0.15, 0.2) is 0 Å². The largest absolute Gasteiger partial charge is 0.490 e. The van der Waals surface area contributed by atoms with Crippen molar-refractivity contribution in [1.82, 2.24) is 19.1 Å². The predicted molar refractivity (Wildman–Crippen MR) is 164 cm³/mol. The highest BCUT2D eigenvalue weighted by molar-refractivity contribution is 7.89. The number of nitrogens with one attached hydrogen (secondary N) is 1. The van der Waals surface area contributed by atoms with E-state index in [1.165, 1.54) is 11.1 Å². The van der Waals surface area contributed by atoms with Crippen molar-refractivity contribution >= 4 is 32.8 Å². The maximum atomic E-state index is 12.5. The molecule has 0 aliphatic carbocycles. The van der Waals surface area contributed by atoms with E-state index in [1.807, 2.05) is 12.3 Å². The summed E-state index contributed by atoms with van der Waals surface area (Å²) in [5.41, 5.74) is 12.6. The van der Waals surface area contributed by atoms with Crippen LogP contribution in [0.2, 0.25) is 0 Å². The molecule has 1 aliphatic heterocycles. The number of benzene rings is 2. The minimum absolute atomic E-state index is 0.124. The number of nitrogens with zero attached hydrogens (tertiary/aromatic N) is 3. The third kappa shape index (κ3) is 8.80. The van der Waals surface area contributed by atoms with Crippen LogP contribution in [0.5, 0.6) is 0 Å². The summed E-state index contributed by atoms with van der Waals surface area (Å²) in [4.78, 5) is 29.0. The van der Waals surface area contributed by atoms with Gasteiger partial charge < -0.3 is 25.6 Å². The number of aromatic amines is 1. The second kappa shape index (κ2) is 14.1. The van der Waals surface area contributed by atoms with E-state index in [0.717, 1.165) is 53.5 Å². The summed E-state index contributed by atoms with van der Waals surface area (Å²) >= 11 is 0. The number of rotatable bonds is 9. The lowest BCUT2D eigenvalue weighted by Gasteiger charge is -2.31. The van der Waals surface area contributed by atoms with Gasteiger partial charge in [0.25, 0.3) is 5.91 Å². The fourth-order valence-corrected chi connectivity index (χ4v) is 6.55. The van der Waals surface area contributed by atoms with Gasteiger partial charge in [-0.25, -0.2) is 17.5 Å². The molecule has 10 nitrogen and oxygen atoms in total. The smallest absolute Gasteiger partial charge is 0.475 e. The maximum Gasteiger partial charge on any atom is 0.490 e. The number of piperidine rings is 1. The fraction of sp³-hybridized carbons (Fsp3) is 0.467. The number of primary amides is 1. The van der Waals surface area contributed by atoms with Gasteiger partial charge in [-0.15, -0.1) is 0 Å². The van der Waals surface area contributed by atoms with Crippen molar-refractivity contribution in [2.45, 2.75) is 44.9 Å². The summed E-state index contributed by atoms with van der Waals surface area (Å²) in [6.45, 7) is 4.33. The number of hydrogen-bond donors (Lipinski definition) is 3. The highest BCUT2D eigenvalue weighted by atomic mass is 32.2. The molecule has 14 heteroatoms. The molecule has 1 amide bonds. The van der Waals surface area contributed by atoms with Gasteiger partial charge in [0.2, 0.25) is 10.0 Å². The van der Waals surface area contributed by atoms with E-state index in [2.05, 4.69) is 67.2 Å². The van der Waals surface area contributed by atoms with Crippen molar-refractivity contribution in [3.05, 3.63) is 58.8 Å². The average molecular weight is 640 g/mol. The Hall–Kier alpha value is -3.46. The van der Waals surface area contributed by atoms with Crippen LogP contribution in [0.1, 0.15) is 52.7 Å². The van der Waals surface area contributed by atoms with Gasteiger partial charge in [0.05, 0.1) is 16.8 Å². The molecule has 1 aliphatic rings. The molecule has 1 fully saturated rings. The number of hydrogen-bond acceptors (Lipinski definition) is 6. The van der Waals surface area contributed by atoms with Crippen molar-refractivity contribution in [2.75, 3.05) is 47.0 Å². The third-order valence-electron chi connectivity index (χ3n) is 7.36. The Labute approximate surface area is 255 Å². The van der Waals surface area contributed by atoms with Gasteiger partial charge in [-0.05, 0) is 106 Å². The number of aliphatic carboxylic acids is 1. The van der Waals surface area contributed by atoms with Crippen LogP contribution >= 0.6 is 0 Å². The number of carbonyl (C=O) groups is 2. The molecule has 4 rings (SSSR count). The van der Waals surface area contributed by atoms with Crippen LogP contribution in [0.15, 0.2) is 36.5 Å². The van der Waals surface area contributed by atoms with Gasteiger partial charge in [0, 0.05) is 37.8 Å². The van der Waals surface area contributed by atoms with E-state index in [4.69, 9.17) is 15.6 Å². The second-order valence-electron chi connectivity index (χ2n) is 11.4. The van der Waals surface area contributed by atoms with Crippen molar-refractivity contribution < 1.29 is 36.3 Å². The first-order valence-corrected chi connectivity index (χ1v) is 15.7. The molecule has 3 aromatic rings. The van der Waals surface area contributed by atoms with E-state index in [1.54, 1.807) is 11.2 Å². The molecular weight excluding hydrogens is 599 g/mol. The highest BCUT2D eigenvalue weighted by Crippen LogP contribution is 2.37. The molecule has 0 saturated carbocycles. The van der Waals surface area contributed by atoms with Gasteiger partial charge in [-0.1, -0.05) is 6.07 Å². The number of halogens is 3. The quantitative estimate of drug-likeness (QED) is 0.319. The van der Waals surface area contributed by atoms with Crippen molar-refractivity contribution in [3.8, 4) is 11.1 Å². The number of fused-ring (bicyclic) bond motifs is 1. The van der Waals surface area contributed by atoms with Crippen LogP contribution in [0.3, 0.4) is 0 Å². The SMILES string of the molecule is CCS(=O)(=O)N1CCC(c2c[nH]c3c(C(N)=O)cc(-c4cc(CN(C)C)cc(CN(C)C)c4)cc23)CC1.O=C(O)C(F)(F)F. The molecule has 4 N–H and O–H groups in total. The molecule has 0 spiro atoms. The standard InChI is InChI=1S/C28H39N5O3S.C2HF3O2/c1-6-37(35,36)33-9-7-21(8-10-33)26-16-30-27-24(26)14-23(15-25(27)28(29)34)22-12-19(17-31(2)3)11-20(13-22)18-32(4)5;3-2(4,5)1(6)7/h11-16,21,30H,6-10,17-18H2,1-5H3,(H2,29,34);(H,6,7). The Balaban J connectivity index is 0.000000676. The Kier molecular flexibility index (Phi) is 11.2. The molecule has 242 valence electrons. The number of amides is 1. The molecule has 2 heterocycles. The number of carbonyl (C=O) groups excluding carboxylic acids is 1. The lowest BCUT2D eigenvalue weighted by atomic mass is 9.88. The zero-order chi connectivity index (χ0) is 33.0.